The summed E-state index contributed by atoms with van der Waals surface area (Å²) in [6.07, 6.45) is 2.35. The topological polar surface area (TPSA) is 68.0 Å². The zero-order valence-electron chi connectivity index (χ0n) is 5.54. The van der Waals surface area contributed by atoms with E-state index in [4.69, 9.17) is 5.73 Å². The molecule has 0 fully saturated rings. The fourth-order valence-corrected chi connectivity index (χ4v) is 0.609. The minimum atomic E-state index is -0.796. The largest absolute Gasteiger partial charge is 0.351 e. The molecule has 5 heteroatoms. The summed E-state index contributed by atoms with van der Waals surface area (Å²) in [5.41, 5.74) is 4.79. The number of nitrogens with one attached hydrogen (secondary N) is 1. The number of hydrogen-bond donors (Lipinski definition) is 2. The number of hydrogen-bond acceptors (Lipinski definition) is 2. The number of nitrogens with two attached hydrogens (primary N) is 1. The molecule has 0 unspecified atom stereocenters. The molecule has 1 aromatic heterocycles. The molecule has 1 aromatic rings. The average molecular weight is 155 g/mol. The zero-order valence-corrected chi connectivity index (χ0v) is 5.54. The van der Waals surface area contributed by atoms with Gasteiger partial charge in [0.05, 0.1) is 11.9 Å². The van der Waals surface area contributed by atoms with E-state index in [0.29, 0.717) is 0 Å². The van der Waals surface area contributed by atoms with Gasteiger partial charge in [0, 0.05) is 6.20 Å². The molecule has 3 N–H and O–H groups in total. The number of primary amides is 1. The van der Waals surface area contributed by atoms with Crippen LogP contribution in [0.25, 0.3) is 0 Å². The Morgan fingerprint density at radius 3 is 3.00 bits per heavy atom. The SMILES string of the molecule is NC(=O)Nc1ccncc1F. The predicted molar refractivity (Wildman–Crippen MR) is 37.4 cm³/mol. The van der Waals surface area contributed by atoms with Crippen LogP contribution >= 0.6 is 0 Å². The van der Waals surface area contributed by atoms with Crippen LogP contribution in [0, 0.1) is 5.82 Å². The minimum absolute atomic E-state index is 0.0347. The molecule has 0 radical (unpaired) electrons. The van der Waals surface area contributed by atoms with Crippen LogP contribution in [0.4, 0.5) is 14.9 Å². The third-order valence-electron chi connectivity index (χ3n) is 1.03. The third kappa shape index (κ3) is 1.89. The number of carbonyl (C=O) groups excluding carboxylic acids is 1. The standard InChI is InChI=1S/C6H6FN3O/c7-4-3-9-2-1-5(4)10-6(8)11/h1-3H,(H3,8,9,10,11). The third-order valence-corrected chi connectivity index (χ3v) is 1.03. The van der Waals surface area contributed by atoms with Crippen molar-refractivity contribution in [1.82, 2.24) is 4.98 Å². The molecular formula is C6H6FN3O. The zero-order chi connectivity index (χ0) is 8.27. The summed E-state index contributed by atoms with van der Waals surface area (Å²) in [5, 5.41) is 2.10. The lowest BCUT2D eigenvalue weighted by Gasteiger charge is -2.00. The molecule has 0 bridgehead atoms. The second-order valence-electron chi connectivity index (χ2n) is 1.84. The molecule has 58 valence electrons. The number of halogens is 1. The van der Waals surface area contributed by atoms with E-state index in [1.807, 2.05) is 0 Å². The van der Waals surface area contributed by atoms with Crippen molar-refractivity contribution in [3.05, 3.63) is 24.3 Å². The molecule has 0 aromatic carbocycles. The van der Waals surface area contributed by atoms with Gasteiger partial charge in [0.25, 0.3) is 0 Å². The van der Waals surface area contributed by atoms with Crippen molar-refractivity contribution in [3.63, 3.8) is 0 Å². The summed E-state index contributed by atoms with van der Waals surface area (Å²) in [6.45, 7) is 0. The van der Waals surface area contributed by atoms with E-state index in [9.17, 15) is 9.18 Å². The van der Waals surface area contributed by atoms with Gasteiger partial charge in [0.1, 0.15) is 0 Å². The van der Waals surface area contributed by atoms with E-state index in [2.05, 4.69) is 10.3 Å². The quantitative estimate of drug-likeness (QED) is 0.627. The van der Waals surface area contributed by atoms with Crippen LogP contribution < -0.4 is 11.1 Å². The van der Waals surface area contributed by atoms with Crippen LogP contribution in [0.5, 0.6) is 0 Å². The van der Waals surface area contributed by atoms with Crippen LogP contribution in [-0.4, -0.2) is 11.0 Å². The molecule has 4 nitrogen and oxygen atoms in total. The second-order valence-corrected chi connectivity index (χ2v) is 1.84. The Bertz CT molecular complexity index is 276. The Morgan fingerprint density at radius 1 is 1.73 bits per heavy atom. The van der Waals surface area contributed by atoms with Crippen molar-refractivity contribution < 1.29 is 9.18 Å². The first kappa shape index (κ1) is 7.46. The molecule has 0 saturated heterocycles. The van der Waals surface area contributed by atoms with Gasteiger partial charge in [0.2, 0.25) is 0 Å². The van der Waals surface area contributed by atoms with Gasteiger partial charge in [-0.3, -0.25) is 4.98 Å². The number of anilines is 1. The molecule has 11 heavy (non-hydrogen) atoms. The molecule has 2 amide bonds. The van der Waals surface area contributed by atoms with Crippen LogP contribution in [0.15, 0.2) is 18.5 Å². The summed E-state index contributed by atoms with van der Waals surface area (Å²) in [7, 11) is 0. The van der Waals surface area contributed by atoms with Gasteiger partial charge in [-0.1, -0.05) is 0 Å². The molecule has 0 aliphatic heterocycles. The maximum absolute atomic E-state index is 12.6. The first-order valence-electron chi connectivity index (χ1n) is 2.86. The average Bonchev–Trinajstić information content (AvgIpc) is 1.93. The highest BCUT2D eigenvalue weighted by atomic mass is 19.1. The van der Waals surface area contributed by atoms with Crippen molar-refractivity contribution in [1.29, 1.82) is 0 Å². The van der Waals surface area contributed by atoms with Crippen LogP contribution in [-0.2, 0) is 0 Å². The highest BCUT2D eigenvalue weighted by Gasteiger charge is 2.01. The first-order valence-corrected chi connectivity index (χ1v) is 2.86. The maximum Gasteiger partial charge on any atom is 0.316 e. The highest BCUT2D eigenvalue weighted by molar-refractivity contribution is 5.87. The van der Waals surface area contributed by atoms with Crippen molar-refractivity contribution in [2.24, 2.45) is 5.73 Å². The Hall–Kier alpha value is -1.65. The van der Waals surface area contributed by atoms with Crippen molar-refractivity contribution >= 4 is 11.7 Å². The number of urea groups is 1. The molecule has 0 spiro atoms. The lowest BCUT2D eigenvalue weighted by Crippen LogP contribution is -2.19. The summed E-state index contributed by atoms with van der Waals surface area (Å²) in [6, 6.07) is 0.523. The second kappa shape index (κ2) is 2.96. The van der Waals surface area contributed by atoms with Crippen LogP contribution in [0.1, 0.15) is 0 Å². The smallest absolute Gasteiger partial charge is 0.316 e. The minimum Gasteiger partial charge on any atom is -0.351 e. The monoisotopic (exact) mass is 155 g/mol. The summed E-state index contributed by atoms with van der Waals surface area (Å²) >= 11 is 0. The van der Waals surface area contributed by atoms with Crippen LogP contribution in [0.3, 0.4) is 0 Å². The van der Waals surface area contributed by atoms with Gasteiger partial charge >= 0.3 is 6.03 Å². The van der Waals surface area contributed by atoms with Gasteiger partial charge in [0.15, 0.2) is 5.82 Å². The predicted octanol–water partition coefficient (Wildman–Crippen LogP) is 0.711. The van der Waals surface area contributed by atoms with E-state index in [1.165, 1.54) is 12.3 Å². The molecule has 0 atom stereocenters. The number of amides is 2. The van der Waals surface area contributed by atoms with E-state index in [-0.39, 0.29) is 5.69 Å². The van der Waals surface area contributed by atoms with Crippen LogP contribution in [0.2, 0.25) is 0 Å². The summed E-state index contributed by atoms with van der Waals surface area (Å²) < 4.78 is 12.6. The molecule has 0 aliphatic carbocycles. The Kier molecular flexibility index (Phi) is 2.00. The molecule has 0 aliphatic rings. The maximum atomic E-state index is 12.6. The van der Waals surface area contributed by atoms with Crippen molar-refractivity contribution in [3.8, 4) is 0 Å². The Labute approximate surface area is 62.2 Å². The Balaban J connectivity index is 2.86. The molecule has 1 rings (SSSR count). The van der Waals surface area contributed by atoms with Gasteiger partial charge in [-0.05, 0) is 6.07 Å². The lowest BCUT2D eigenvalue weighted by molar-refractivity contribution is 0.259. The van der Waals surface area contributed by atoms with Gasteiger partial charge < -0.3 is 11.1 Å². The number of nitrogens with zero attached hydrogens (tertiary/aromatic N) is 1. The fourth-order valence-electron chi connectivity index (χ4n) is 0.609. The van der Waals surface area contributed by atoms with Crippen molar-refractivity contribution in [2.75, 3.05) is 5.32 Å². The highest BCUT2D eigenvalue weighted by Crippen LogP contribution is 2.09. The van der Waals surface area contributed by atoms with Gasteiger partial charge in [-0.15, -0.1) is 0 Å². The molecular weight excluding hydrogens is 149 g/mol. The van der Waals surface area contributed by atoms with Gasteiger partial charge in [-0.2, -0.15) is 0 Å². The molecule has 0 saturated carbocycles. The van der Waals surface area contributed by atoms with E-state index >= 15 is 0 Å². The lowest BCUT2D eigenvalue weighted by atomic mass is 10.4. The van der Waals surface area contributed by atoms with E-state index < -0.39 is 11.8 Å². The fraction of sp³-hybridized carbons (Fsp3) is 0. The number of aromatic nitrogens is 1. The number of pyridine rings is 1. The summed E-state index contributed by atoms with van der Waals surface area (Å²) in [4.78, 5) is 13.7. The molecule has 1 heterocycles. The summed E-state index contributed by atoms with van der Waals surface area (Å²) in [5.74, 6) is -0.605. The number of carbonyl (C=O) groups is 1. The van der Waals surface area contributed by atoms with E-state index in [0.717, 1.165) is 6.20 Å². The normalized spacial score (nSPS) is 9.18. The van der Waals surface area contributed by atoms with E-state index in [1.54, 1.807) is 0 Å². The first-order chi connectivity index (χ1) is 5.20. The van der Waals surface area contributed by atoms with Crippen molar-refractivity contribution in [2.45, 2.75) is 0 Å². The number of rotatable bonds is 1. The van der Waals surface area contributed by atoms with Gasteiger partial charge in [-0.25, -0.2) is 9.18 Å². The Morgan fingerprint density at radius 2 is 2.45 bits per heavy atom.